The number of halogens is 1. The zero-order valence-corrected chi connectivity index (χ0v) is 14.6. The Kier molecular flexibility index (Phi) is 4.27. The van der Waals surface area contributed by atoms with Gasteiger partial charge < -0.3 is 10.6 Å². The molecule has 6 heteroatoms. The zero-order valence-electron chi connectivity index (χ0n) is 13.8. The first-order valence-electron chi connectivity index (χ1n) is 8.70. The Balaban J connectivity index is 1.61. The highest BCUT2D eigenvalue weighted by Crippen LogP contribution is 2.34. The molecule has 0 radical (unpaired) electrons. The van der Waals surface area contributed by atoms with Gasteiger partial charge in [0, 0.05) is 23.2 Å². The molecule has 1 atom stereocenters. The number of rotatable bonds is 7. The van der Waals surface area contributed by atoms with E-state index in [1.54, 1.807) is 0 Å². The van der Waals surface area contributed by atoms with Crippen molar-refractivity contribution in [3.63, 3.8) is 0 Å². The van der Waals surface area contributed by atoms with Gasteiger partial charge in [0.2, 0.25) is 11.9 Å². The quantitative estimate of drug-likeness (QED) is 0.788. The van der Waals surface area contributed by atoms with Crippen LogP contribution in [0.1, 0.15) is 32.6 Å². The van der Waals surface area contributed by atoms with Crippen LogP contribution in [0, 0.1) is 11.8 Å². The minimum absolute atomic E-state index is 0.385. The van der Waals surface area contributed by atoms with E-state index in [2.05, 4.69) is 32.5 Å². The molecule has 0 amide bonds. The topological polar surface area (TPSA) is 62.7 Å². The van der Waals surface area contributed by atoms with Gasteiger partial charge in [-0.1, -0.05) is 23.7 Å². The number of aromatic nitrogens is 3. The van der Waals surface area contributed by atoms with E-state index >= 15 is 0 Å². The van der Waals surface area contributed by atoms with Crippen LogP contribution >= 0.6 is 11.6 Å². The summed E-state index contributed by atoms with van der Waals surface area (Å²) in [6.45, 7) is 3.12. The van der Waals surface area contributed by atoms with E-state index in [0.717, 1.165) is 23.9 Å². The van der Waals surface area contributed by atoms with Crippen molar-refractivity contribution in [3.05, 3.63) is 29.3 Å². The van der Waals surface area contributed by atoms with E-state index in [1.165, 1.54) is 25.7 Å². The first-order chi connectivity index (χ1) is 11.7. The molecule has 1 unspecified atom stereocenters. The maximum atomic E-state index is 6.12. The van der Waals surface area contributed by atoms with Crippen molar-refractivity contribution in [1.29, 1.82) is 0 Å². The Morgan fingerprint density at radius 1 is 1.12 bits per heavy atom. The van der Waals surface area contributed by atoms with E-state index in [1.807, 2.05) is 24.3 Å². The average molecular weight is 344 g/mol. The minimum Gasteiger partial charge on any atom is -0.354 e. The fraction of sp³-hybridized carbons (Fsp3) is 0.500. The van der Waals surface area contributed by atoms with Crippen LogP contribution in [0.2, 0.25) is 5.02 Å². The predicted octanol–water partition coefficient (Wildman–Crippen LogP) is 4.22. The Bertz CT molecular complexity index is 727. The smallest absolute Gasteiger partial charge is 0.228 e. The van der Waals surface area contributed by atoms with Crippen LogP contribution in [-0.4, -0.2) is 27.5 Å². The van der Waals surface area contributed by atoms with Crippen LogP contribution in [0.15, 0.2) is 24.3 Å². The molecule has 2 aliphatic rings. The van der Waals surface area contributed by atoms with Crippen LogP contribution in [-0.2, 0) is 0 Å². The number of hydrogen-bond donors (Lipinski definition) is 2. The fourth-order valence-corrected chi connectivity index (χ4v) is 2.94. The molecular weight excluding hydrogens is 322 g/mol. The summed E-state index contributed by atoms with van der Waals surface area (Å²) >= 11 is 6.12. The summed E-state index contributed by atoms with van der Waals surface area (Å²) < 4.78 is 0. The first-order valence-corrected chi connectivity index (χ1v) is 9.07. The molecule has 5 nitrogen and oxygen atoms in total. The summed E-state index contributed by atoms with van der Waals surface area (Å²) in [5, 5.41) is 7.47. The second-order valence-electron chi connectivity index (χ2n) is 6.91. The lowest BCUT2D eigenvalue weighted by atomic mass is 10.2. The van der Waals surface area contributed by atoms with Crippen LogP contribution in [0.4, 0.5) is 11.9 Å². The summed E-state index contributed by atoms with van der Waals surface area (Å²) in [6, 6.07) is 8.01. The molecule has 1 heterocycles. The molecule has 0 bridgehead atoms. The molecule has 2 saturated carbocycles. The third kappa shape index (κ3) is 3.96. The molecule has 2 aromatic rings. The first kappa shape index (κ1) is 15.6. The fourth-order valence-electron chi connectivity index (χ4n) is 2.75. The largest absolute Gasteiger partial charge is 0.354 e. The van der Waals surface area contributed by atoms with Gasteiger partial charge in [-0.2, -0.15) is 15.0 Å². The normalized spacial score (nSPS) is 18.2. The number of hydrogen-bond acceptors (Lipinski definition) is 5. The molecule has 24 heavy (non-hydrogen) atoms. The van der Waals surface area contributed by atoms with Gasteiger partial charge in [-0.15, -0.1) is 0 Å². The average Bonchev–Trinajstić information content (AvgIpc) is 3.47. The molecular formula is C18H22ClN5. The summed E-state index contributed by atoms with van der Waals surface area (Å²) in [7, 11) is 0. The lowest BCUT2D eigenvalue weighted by molar-refractivity contribution is 0.685. The lowest BCUT2D eigenvalue weighted by Gasteiger charge is -2.14. The summed E-state index contributed by atoms with van der Waals surface area (Å²) in [4.78, 5) is 13.7. The van der Waals surface area contributed by atoms with Gasteiger partial charge >= 0.3 is 0 Å². The number of nitrogens with zero attached hydrogens (tertiary/aromatic N) is 3. The second kappa shape index (κ2) is 6.55. The number of anilines is 2. The van der Waals surface area contributed by atoms with E-state index in [-0.39, 0.29) is 0 Å². The minimum atomic E-state index is 0.385. The van der Waals surface area contributed by atoms with Crippen molar-refractivity contribution in [2.75, 3.05) is 17.2 Å². The third-order valence-electron chi connectivity index (χ3n) is 4.65. The van der Waals surface area contributed by atoms with Crippen LogP contribution in [0.25, 0.3) is 11.4 Å². The molecule has 4 rings (SSSR count). The van der Waals surface area contributed by atoms with Gasteiger partial charge in [-0.05, 0) is 56.6 Å². The zero-order chi connectivity index (χ0) is 16.5. The molecule has 1 aromatic heterocycles. The van der Waals surface area contributed by atoms with Gasteiger partial charge in [-0.25, -0.2) is 0 Å². The van der Waals surface area contributed by atoms with E-state index in [4.69, 9.17) is 11.6 Å². The molecule has 2 N–H and O–H groups in total. The number of benzene rings is 1. The Hall–Kier alpha value is -1.88. The highest BCUT2D eigenvalue weighted by molar-refractivity contribution is 6.30. The van der Waals surface area contributed by atoms with Gasteiger partial charge in [0.15, 0.2) is 5.82 Å². The Morgan fingerprint density at radius 3 is 2.62 bits per heavy atom. The summed E-state index contributed by atoms with van der Waals surface area (Å²) in [5.41, 5.74) is 0.904. The predicted molar refractivity (Wildman–Crippen MR) is 97.3 cm³/mol. The Morgan fingerprint density at radius 2 is 1.92 bits per heavy atom. The highest BCUT2D eigenvalue weighted by Gasteiger charge is 2.28. The third-order valence-corrected chi connectivity index (χ3v) is 4.88. The summed E-state index contributed by atoms with van der Waals surface area (Å²) in [6.07, 6.45) is 5.16. The molecule has 2 aliphatic carbocycles. The van der Waals surface area contributed by atoms with Crippen LogP contribution in [0.3, 0.4) is 0 Å². The molecule has 0 saturated heterocycles. The highest BCUT2D eigenvalue weighted by atomic mass is 35.5. The van der Waals surface area contributed by atoms with Crippen molar-refractivity contribution in [1.82, 2.24) is 15.0 Å². The summed E-state index contributed by atoms with van der Waals surface area (Å²) in [5.74, 6) is 3.42. The van der Waals surface area contributed by atoms with Gasteiger partial charge in [0.05, 0.1) is 0 Å². The standard InChI is InChI=1S/C18H22ClN5/c1-11(13-7-8-13)21-18-23-16(14-3-2-4-15(19)9-14)22-17(24-18)20-10-12-5-6-12/h2-4,9,11-13H,5-8,10H2,1H3,(H2,20,21,22,23,24). The van der Waals surface area contributed by atoms with E-state index < -0.39 is 0 Å². The second-order valence-corrected chi connectivity index (χ2v) is 7.35. The maximum absolute atomic E-state index is 6.12. The van der Waals surface area contributed by atoms with E-state index in [9.17, 15) is 0 Å². The van der Waals surface area contributed by atoms with Gasteiger partial charge in [0.25, 0.3) is 0 Å². The van der Waals surface area contributed by atoms with E-state index in [0.29, 0.717) is 28.8 Å². The molecule has 1 aromatic carbocycles. The van der Waals surface area contributed by atoms with Crippen molar-refractivity contribution in [3.8, 4) is 11.4 Å². The maximum Gasteiger partial charge on any atom is 0.228 e. The SMILES string of the molecule is CC(Nc1nc(NCC2CC2)nc(-c2cccc(Cl)c2)n1)C1CC1. The Labute approximate surface area is 147 Å². The molecule has 2 fully saturated rings. The number of nitrogens with one attached hydrogen (secondary N) is 2. The van der Waals surface area contributed by atoms with Crippen molar-refractivity contribution in [2.45, 2.75) is 38.6 Å². The van der Waals surface area contributed by atoms with Crippen LogP contribution in [0.5, 0.6) is 0 Å². The molecule has 126 valence electrons. The molecule has 0 spiro atoms. The van der Waals surface area contributed by atoms with Crippen molar-refractivity contribution < 1.29 is 0 Å². The molecule has 0 aliphatic heterocycles. The van der Waals surface area contributed by atoms with Crippen LogP contribution < -0.4 is 10.6 Å². The monoisotopic (exact) mass is 343 g/mol. The van der Waals surface area contributed by atoms with Gasteiger partial charge in [0.1, 0.15) is 0 Å². The van der Waals surface area contributed by atoms with Crippen molar-refractivity contribution >= 4 is 23.5 Å². The van der Waals surface area contributed by atoms with Gasteiger partial charge in [-0.3, -0.25) is 0 Å². The van der Waals surface area contributed by atoms with Crippen molar-refractivity contribution in [2.24, 2.45) is 11.8 Å². The lowest BCUT2D eigenvalue weighted by Crippen LogP contribution is -2.20.